The van der Waals surface area contributed by atoms with E-state index in [2.05, 4.69) is 5.32 Å². The van der Waals surface area contributed by atoms with Crippen molar-refractivity contribution in [1.29, 1.82) is 0 Å². The van der Waals surface area contributed by atoms with Crippen LogP contribution < -0.4 is 5.32 Å². The lowest BCUT2D eigenvalue weighted by atomic mass is 9.51. The van der Waals surface area contributed by atoms with Crippen molar-refractivity contribution >= 4 is 17.7 Å². The molecule has 2 atom stereocenters. The van der Waals surface area contributed by atoms with Crippen molar-refractivity contribution in [2.24, 2.45) is 16.2 Å². The van der Waals surface area contributed by atoms with Crippen LogP contribution in [0.1, 0.15) is 45.6 Å². The summed E-state index contributed by atoms with van der Waals surface area (Å²) < 4.78 is 0. The molecule has 0 radical (unpaired) electrons. The van der Waals surface area contributed by atoms with Crippen molar-refractivity contribution in [3.8, 4) is 0 Å². The van der Waals surface area contributed by atoms with Crippen LogP contribution in [-0.2, 0) is 20.8 Å². The minimum atomic E-state index is -0.717. The number of imide groups is 1. The molecule has 1 aromatic carbocycles. The van der Waals surface area contributed by atoms with Gasteiger partial charge in [-0.2, -0.15) is 0 Å². The Bertz CT molecular complexity index is 715. The Morgan fingerprint density at radius 1 is 1.00 bits per heavy atom. The fourth-order valence-electron chi connectivity index (χ4n) is 5.31. The first-order valence-corrected chi connectivity index (χ1v) is 9.25. The molecular formula is C21H28N2O3. The highest BCUT2D eigenvalue weighted by Gasteiger charge is 2.62. The number of carbonyl (C=O) groups excluding carboxylic acids is 3. The number of piperidine rings is 1. The second kappa shape index (κ2) is 6.22. The van der Waals surface area contributed by atoms with E-state index in [1.54, 1.807) is 7.05 Å². The molecule has 1 saturated carbocycles. The predicted octanol–water partition coefficient (Wildman–Crippen LogP) is 2.55. The molecule has 1 N–H and O–H groups in total. The molecule has 5 heteroatoms. The molecule has 2 fully saturated rings. The van der Waals surface area contributed by atoms with E-state index in [0.717, 1.165) is 6.42 Å². The number of nitrogens with zero attached hydrogens (tertiary/aromatic N) is 1. The minimum Gasteiger partial charge on any atom is -0.355 e. The summed E-state index contributed by atoms with van der Waals surface area (Å²) in [4.78, 5) is 39.6. The number of nitrogens with one attached hydrogen (secondary N) is 1. The average molecular weight is 356 g/mol. The molecule has 2 bridgehead atoms. The first kappa shape index (κ1) is 18.6. The van der Waals surface area contributed by atoms with Crippen LogP contribution in [0.5, 0.6) is 0 Å². The summed E-state index contributed by atoms with van der Waals surface area (Å²) in [6.07, 6.45) is 2.24. The highest BCUT2D eigenvalue weighted by Crippen LogP contribution is 2.58. The fourth-order valence-corrected chi connectivity index (χ4v) is 5.31. The topological polar surface area (TPSA) is 66.5 Å². The molecule has 5 nitrogen and oxygen atoms in total. The molecule has 0 spiro atoms. The van der Waals surface area contributed by atoms with E-state index < -0.39 is 16.2 Å². The van der Waals surface area contributed by atoms with E-state index in [0.29, 0.717) is 25.8 Å². The van der Waals surface area contributed by atoms with E-state index in [1.165, 1.54) is 10.5 Å². The Morgan fingerprint density at radius 3 is 2.08 bits per heavy atom. The Labute approximate surface area is 155 Å². The van der Waals surface area contributed by atoms with Crippen molar-refractivity contribution in [3.05, 3.63) is 35.9 Å². The van der Waals surface area contributed by atoms with Crippen molar-refractivity contribution in [2.45, 2.75) is 46.5 Å². The summed E-state index contributed by atoms with van der Waals surface area (Å²) in [6, 6.07) is 10.0. The normalized spacial score (nSPS) is 33.9. The second-order valence-corrected chi connectivity index (χ2v) is 8.87. The SMILES string of the molecule is CN1C(=O)C2(C)CC(C)(C(=O)NCCc3ccccc3)CC(C)(C2)C1=O. The van der Waals surface area contributed by atoms with Crippen LogP contribution in [0, 0.1) is 16.2 Å². The van der Waals surface area contributed by atoms with Gasteiger partial charge in [-0.3, -0.25) is 19.3 Å². The van der Waals surface area contributed by atoms with Gasteiger partial charge < -0.3 is 5.32 Å². The van der Waals surface area contributed by atoms with Crippen LogP contribution in [-0.4, -0.2) is 36.2 Å². The van der Waals surface area contributed by atoms with Gasteiger partial charge in [0.15, 0.2) is 0 Å². The number of fused-ring (bicyclic) bond motifs is 2. The zero-order chi connectivity index (χ0) is 19.2. The van der Waals surface area contributed by atoms with E-state index in [1.807, 2.05) is 51.1 Å². The third kappa shape index (κ3) is 3.04. The molecule has 1 heterocycles. The van der Waals surface area contributed by atoms with E-state index in [4.69, 9.17) is 0 Å². The third-order valence-electron chi connectivity index (χ3n) is 6.07. The van der Waals surface area contributed by atoms with Gasteiger partial charge in [0, 0.05) is 29.8 Å². The molecular weight excluding hydrogens is 328 g/mol. The van der Waals surface area contributed by atoms with Crippen molar-refractivity contribution < 1.29 is 14.4 Å². The number of hydrogen-bond acceptors (Lipinski definition) is 3. The third-order valence-corrected chi connectivity index (χ3v) is 6.07. The monoisotopic (exact) mass is 356 g/mol. The van der Waals surface area contributed by atoms with Crippen LogP contribution in [0.4, 0.5) is 0 Å². The molecule has 26 heavy (non-hydrogen) atoms. The molecule has 0 aromatic heterocycles. The van der Waals surface area contributed by atoms with Crippen LogP contribution in [0.15, 0.2) is 30.3 Å². The van der Waals surface area contributed by atoms with E-state index in [-0.39, 0.29) is 17.7 Å². The molecule has 1 aliphatic carbocycles. The molecule has 2 aliphatic rings. The Hall–Kier alpha value is -2.17. The summed E-state index contributed by atoms with van der Waals surface area (Å²) in [5.41, 5.74) is -0.878. The first-order valence-electron chi connectivity index (χ1n) is 9.25. The lowest BCUT2D eigenvalue weighted by Gasteiger charge is -2.55. The van der Waals surface area contributed by atoms with Gasteiger partial charge in [-0.15, -0.1) is 0 Å². The molecule has 1 aromatic rings. The van der Waals surface area contributed by atoms with Crippen LogP contribution in [0.2, 0.25) is 0 Å². The summed E-state index contributed by atoms with van der Waals surface area (Å²) in [7, 11) is 1.56. The Kier molecular flexibility index (Phi) is 4.45. The molecule has 1 saturated heterocycles. The molecule has 140 valence electrons. The van der Waals surface area contributed by atoms with Crippen LogP contribution in [0.3, 0.4) is 0 Å². The maximum absolute atomic E-state index is 13.0. The van der Waals surface area contributed by atoms with E-state index >= 15 is 0 Å². The standard InChI is InChI=1S/C21H28N2O3/c1-19(16(24)22-11-10-15-8-6-5-7-9-15)12-20(2)14-21(3,13-19)18(26)23(4)17(20)25/h5-9H,10-14H2,1-4H3,(H,22,24). The van der Waals surface area contributed by atoms with E-state index in [9.17, 15) is 14.4 Å². The van der Waals surface area contributed by atoms with Crippen molar-refractivity contribution in [1.82, 2.24) is 10.2 Å². The lowest BCUT2D eigenvalue weighted by molar-refractivity contribution is -0.178. The Balaban J connectivity index is 1.74. The highest BCUT2D eigenvalue weighted by atomic mass is 16.2. The van der Waals surface area contributed by atoms with Gasteiger partial charge in [-0.05, 0) is 31.2 Å². The fraction of sp³-hybridized carbons (Fsp3) is 0.571. The molecule has 3 amide bonds. The quantitative estimate of drug-likeness (QED) is 0.843. The highest BCUT2D eigenvalue weighted by molar-refractivity contribution is 6.04. The number of carbonyl (C=O) groups is 3. The van der Waals surface area contributed by atoms with Gasteiger partial charge in [0.1, 0.15) is 0 Å². The maximum Gasteiger partial charge on any atom is 0.234 e. The van der Waals surface area contributed by atoms with Crippen LogP contribution in [0.25, 0.3) is 0 Å². The van der Waals surface area contributed by atoms with Gasteiger partial charge in [0.2, 0.25) is 17.7 Å². The second-order valence-electron chi connectivity index (χ2n) is 8.87. The van der Waals surface area contributed by atoms with Gasteiger partial charge in [-0.25, -0.2) is 0 Å². The number of hydrogen-bond donors (Lipinski definition) is 1. The van der Waals surface area contributed by atoms with Crippen molar-refractivity contribution in [2.75, 3.05) is 13.6 Å². The van der Waals surface area contributed by atoms with Gasteiger partial charge in [0.25, 0.3) is 0 Å². The molecule has 3 rings (SSSR count). The first-order chi connectivity index (χ1) is 12.1. The Morgan fingerprint density at radius 2 is 1.54 bits per heavy atom. The van der Waals surface area contributed by atoms with Crippen molar-refractivity contribution in [3.63, 3.8) is 0 Å². The summed E-state index contributed by atoms with van der Waals surface area (Å²) >= 11 is 0. The summed E-state index contributed by atoms with van der Waals surface area (Å²) in [5.74, 6) is -0.387. The largest absolute Gasteiger partial charge is 0.355 e. The molecule has 1 aliphatic heterocycles. The summed E-state index contributed by atoms with van der Waals surface area (Å²) in [6.45, 7) is 6.23. The predicted molar refractivity (Wildman–Crippen MR) is 99.1 cm³/mol. The maximum atomic E-state index is 13.0. The number of likely N-dealkylation sites (tertiary alicyclic amines) is 1. The van der Waals surface area contributed by atoms with Gasteiger partial charge in [0.05, 0.1) is 0 Å². The van der Waals surface area contributed by atoms with Gasteiger partial charge >= 0.3 is 0 Å². The zero-order valence-electron chi connectivity index (χ0n) is 16.1. The molecule has 2 unspecified atom stereocenters. The van der Waals surface area contributed by atoms with Gasteiger partial charge in [-0.1, -0.05) is 51.1 Å². The average Bonchev–Trinajstić information content (AvgIpc) is 2.58. The minimum absolute atomic E-state index is 0.0595. The van der Waals surface area contributed by atoms with Crippen LogP contribution >= 0.6 is 0 Å². The summed E-state index contributed by atoms with van der Waals surface area (Å²) in [5, 5.41) is 3.03. The number of benzene rings is 1. The lowest BCUT2D eigenvalue weighted by Crippen LogP contribution is -2.64. The zero-order valence-corrected chi connectivity index (χ0v) is 16.1. The number of rotatable bonds is 4. The number of amides is 3. The smallest absolute Gasteiger partial charge is 0.234 e.